The van der Waals surface area contributed by atoms with E-state index in [0.29, 0.717) is 5.56 Å². The van der Waals surface area contributed by atoms with Gasteiger partial charge in [0, 0.05) is 11.6 Å². The van der Waals surface area contributed by atoms with Gasteiger partial charge >= 0.3 is 5.97 Å². The number of carbonyl (C=O) groups excluding carboxylic acids is 2. The van der Waals surface area contributed by atoms with E-state index in [-0.39, 0.29) is 18.5 Å². The number of ether oxygens (including phenoxy) is 1. The van der Waals surface area contributed by atoms with E-state index in [0.717, 1.165) is 11.1 Å². The van der Waals surface area contributed by atoms with Crippen molar-refractivity contribution in [3.8, 4) is 0 Å². The monoisotopic (exact) mass is 263 g/mol. The van der Waals surface area contributed by atoms with Gasteiger partial charge in [0.1, 0.15) is 6.54 Å². The maximum absolute atomic E-state index is 12.5. The van der Waals surface area contributed by atoms with Gasteiger partial charge in [0.25, 0.3) is 5.91 Å². The molecule has 0 aliphatic rings. The summed E-state index contributed by atoms with van der Waals surface area (Å²) in [6.07, 6.45) is 0. The topological polar surface area (TPSA) is 46.6 Å². The lowest BCUT2D eigenvalue weighted by molar-refractivity contribution is -0.141. The van der Waals surface area contributed by atoms with Crippen molar-refractivity contribution in [2.75, 3.05) is 13.7 Å². The number of methoxy groups -OCH3 is 1. The SMILES string of the molecule is COC(=O)CN(C(=O)c1cc(C)ccc1C)C(C)C. The Kier molecular flexibility index (Phi) is 5.10. The normalized spacial score (nSPS) is 10.4. The first-order chi connectivity index (χ1) is 8.86. The number of carbonyl (C=O) groups is 2. The van der Waals surface area contributed by atoms with Crippen LogP contribution in [0.15, 0.2) is 18.2 Å². The maximum Gasteiger partial charge on any atom is 0.325 e. The lowest BCUT2D eigenvalue weighted by atomic mass is 10.0. The standard InChI is InChI=1S/C15H21NO3/c1-10(2)16(9-14(17)19-5)15(18)13-8-11(3)6-7-12(13)4/h6-8,10H,9H2,1-5H3. The van der Waals surface area contributed by atoms with Gasteiger partial charge < -0.3 is 9.64 Å². The van der Waals surface area contributed by atoms with Crippen molar-refractivity contribution in [2.45, 2.75) is 33.7 Å². The van der Waals surface area contributed by atoms with E-state index in [9.17, 15) is 9.59 Å². The van der Waals surface area contributed by atoms with Crippen LogP contribution in [0.3, 0.4) is 0 Å². The number of esters is 1. The smallest absolute Gasteiger partial charge is 0.325 e. The Hall–Kier alpha value is -1.84. The van der Waals surface area contributed by atoms with Gasteiger partial charge in [-0.25, -0.2) is 0 Å². The first-order valence-corrected chi connectivity index (χ1v) is 6.31. The Morgan fingerprint density at radius 3 is 2.42 bits per heavy atom. The summed E-state index contributed by atoms with van der Waals surface area (Å²) in [4.78, 5) is 25.4. The van der Waals surface area contributed by atoms with Crippen LogP contribution >= 0.6 is 0 Å². The highest BCUT2D eigenvalue weighted by Crippen LogP contribution is 2.15. The van der Waals surface area contributed by atoms with Crippen LogP contribution in [0.25, 0.3) is 0 Å². The number of amides is 1. The first kappa shape index (κ1) is 15.2. The number of nitrogens with zero attached hydrogens (tertiary/aromatic N) is 1. The fourth-order valence-electron chi connectivity index (χ4n) is 1.81. The number of aryl methyl sites for hydroxylation is 2. The van der Waals surface area contributed by atoms with Crippen molar-refractivity contribution < 1.29 is 14.3 Å². The fraction of sp³-hybridized carbons (Fsp3) is 0.467. The molecule has 1 aromatic rings. The van der Waals surface area contributed by atoms with Crippen LogP contribution in [0, 0.1) is 13.8 Å². The average molecular weight is 263 g/mol. The molecule has 0 saturated carbocycles. The molecule has 19 heavy (non-hydrogen) atoms. The molecule has 0 heterocycles. The minimum Gasteiger partial charge on any atom is -0.468 e. The predicted molar refractivity (Wildman–Crippen MR) is 74.1 cm³/mol. The molecule has 4 nitrogen and oxygen atoms in total. The zero-order valence-corrected chi connectivity index (χ0v) is 12.2. The second-order valence-electron chi connectivity index (χ2n) is 4.92. The third-order valence-electron chi connectivity index (χ3n) is 3.03. The van der Waals surface area contributed by atoms with E-state index in [1.54, 1.807) is 0 Å². The van der Waals surface area contributed by atoms with Crippen LogP contribution in [-0.4, -0.2) is 36.5 Å². The Bertz CT molecular complexity index is 480. The van der Waals surface area contributed by atoms with Gasteiger partial charge in [0.15, 0.2) is 0 Å². The van der Waals surface area contributed by atoms with Gasteiger partial charge in [0.05, 0.1) is 7.11 Å². The molecule has 0 spiro atoms. The minimum atomic E-state index is -0.410. The second-order valence-corrected chi connectivity index (χ2v) is 4.92. The molecule has 104 valence electrons. The van der Waals surface area contributed by atoms with Crippen LogP contribution in [-0.2, 0) is 9.53 Å². The molecule has 0 aromatic heterocycles. The maximum atomic E-state index is 12.5. The lowest BCUT2D eigenvalue weighted by Gasteiger charge is -2.26. The summed E-state index contributed by atoms with van der Waals surface area (Å²) in [5.41, 5.74) is 2.57. The molecular weight excluding hydrogens is 242 g/mol. The number of hydrogen-bond acceptors (Lipinski definition) is 3. The summed E-state index contributed by atoms with van der Waals surface area (Å²) in [6.45, 7) is 7.57. The van der Waals surface area contributed by atoms with Crippen LogP contribution in [0.2, 0.25) is 0 Å². The largest absolute Gasteiger partial charge is 0.468 e. The van der Waals surface area contributed by atoms with Crippen molar-refractivity contribution in [1.29, 1.82) is 0 Å². The summed E-state index contributed by atoms with van der Waals surface area (Å²) in [6, 6.07) is 5.67. The van der Waals surface area contributed by atoms with Crippen molar-refractivity contribution in [2.24, 2.45) is 0 Å². The van der Waals surface area contributed by atoms with Crippen molar-refractivity contribution in [3.05, 3.63) is 34.9 Å². The predicted octanol–water partition coefficient (Wildman–Crippen LogP) is 2.33. The molecule has 0 aliphatic carbocycles. The van der Waals surface area contributed by atoms with Crippen LogP contribution in [0.5, 0.6) is 0 Å². The summed E-state index contributed by atoms with van der Waals surface area (Å²) in [7, 11) is 1.32. The fourth-order valence-corrected chi connectivity index (χ4v) is 1.81. The van der Waals surface area contributed by atoms with E-state index in [4.69, 9.17) is 0 Å². The van der Waals surface area contributed by atoms with Gasteiger partial charge in [-0.2, -0.15) is 0 Å². The molecule has 0 fully saturated rings. The average Bonchev–Trinajstić information content (AvgIpc) is 2.37. The van der Waals surface area contributed by atoms with E-state index in [1.165, 1.54) is 12.0 Å². The van der Waals surface area contributed by atoms with Gasteiger partial charge in [-0.3, -0.25) is 9.59 Å². The molecule has 0 N–H and O–H groups in total. The van der Waals surface area contributed by atoms with Crippen LogP contribution < -0.4 is 0 Å². The first-order valence-electron chi connectivity index (χ1n) is 6.31. The molecule has 4 heteroatoms. The zero-order chi connectivity index (χ0) is 14.6. The molecule has 0 bridgehead atoms. The molecule has 0 atom stereocenters. The lowest BCUT2D eigenvalue weighted by Crippen LogP contribution is -2.41. The molecular formula is C15H21NO3. The highest BCUT2D eigenvalue weighted by atomic mass is 16.5. The minimum absolute atomic E-state index is 0.0274. The van der Waals surface area contributed by atoms with Crippen molar-refractivity contribution in [3.63, 3.8) is 0 Å². The van der Waals surface area contributed by atoms with Crippen molar-refractivity contribution in [1.82, 2.24) is 4.90 Å². The van der Waals surface area contributed by atoms with E-state index in [2.05, 4.69) is 4.74 Å². The Morgan fingerprint density at radius 2 is 1.89 bits per heavy atom. The molecule has 1 amide bonds. The number of rotatable bonds is 4. The quantitative estimate of drug-likeness (QED) is 0.783. The number of benzene rings is 1. The number of hydrogen-bond donors (Lipinski definition) is 0. The summed E-state index contributed by atoms with van der Waals surface area (Å²) in [5, 5.41) is 0. The van der Waals surface area contributed by atoms with Gasteiger partial charge in [-0.05, 0) is 39.3 Å². The highest BCUT2D eigenvalue weighted by molar-refractivity contribution is 5.97. The van der Waals surface area contributed by atoms with Crippen molar-refractivity contribution >= 4 is 11.9 Å². The van der Waals surface area contributed by atoms with E-state index in [1.807, 2.05) is 45.9 Å². The molecule has 0 aliphatic heterocycles. The molecule has 0 saturated heterocycles. The summed E-state index contributed by atoms with van der Waals surface area (Å²) in [5.74, 6) is -0.547. The Balaban J connectivity index is 3.05. The molecule has 0 radical (unpaired) electrons. The molecule has 0 unspecified atom stereocenters. The van der Waals surface area contributed by atoms with E-state index < -0.39 is 5.97 Å². The second kappa shape index (κ2) is 6.36. The van der Waals surface area contributed by atoms with Crippen LogP contribution in [0.4, 0.5) is 0 Å². The highest BCUT2D eigenvalue weighted by Gasteiger charge is 2.23. The Morgan fingerprint density at radius 1 is 1.26 bits per heavy atom. The van der Waals surface area contributed by atoms with Gasteiger partial charge in [-0.1, -0.05) is 17.7 Å². The summed E-state index contributed by atoms with van der Waals surface area (Å²) >= 11 is 0. The third kappa shape index (κ3) is 3.81. The zero-order valence-electron chi connectivity index (χ0n) is 12.2. The van der Waals surface area contributed by atoms with Crippen LogP contribution in [0.1, 0.15) is 35.3 Å². The molecule has 1 rings (SSSR count). The Labute approximate surface area is 114 Å². The van der Waals surface area contributed by atoms with E-state index >= 15 is 0 Å². The molecule has 1 aromatic carbocycles. The van der Waals surface area contributed by atoms with Gasteiger partial charge in [-0.15, -0.1) is 0 Å². The van der Waals surface area contributed by atoms with Gasteiger partial charge in [0.2, 0.25) is 0 Å². The third-order valence-corrected chi connectivity index (χ3v) is 3.03. The summed E-state index contributed by atoms with van der Waals surface area (Å²) < 4.78 is 4.64.